The quantitative estimate of drug-likeness (QED) is 0.394. The molecule has 3 heterocycles. The highest BCUT2D eigenvalue weighted by atomic mass is 35.5. The van der Waals surface area contributed by atoms with Crippen LogP contribution in [-0.2, 0) is 4.74 Å². The number of halogens is 2. The molecule has 0 radical (unpaired) electrons. The largest absolute Gasteiger partial charge is 0.444 e. The molecule has 0 fully saturated rings. The molecule has 0 unspecified atom stereocenters. The smallest absolute Gasteiger partial charge is 0.413 e. The number of hydrogen-bond acceptors (Lipinski definition) is 6. The number of amides is 1. The summed E-state index contributed by atoms with van der Waals surface area (Å²) in [6.45, 7) is 7.19. The van der Waals surface area contributed by atoms with Crippen LogP contribution in [0.1, 0.15) is 26.3 Å². The molecule has 0 aliphatic carbocycles. The summed E-state index contributed by atoms with van der Waals surface area (Å²) >= 11 is 5.96. The third-order valence-corrected chi connectivity index (χ3v) is 4.86. The van der Waals surface area contributed by atoms with Crippen LogP contribution < -0.4 is 5.32 Å². The van der Waals surface area contributed by atoms with E-state index in [1.165, 1.54) is 12.1 Å². The first kappa shape index (κ1) is 23.3. The molecule has 0 aliphatic heterocycles. The van der Waals surface area contributed by atoms with E-state index in [0.29, 0.717) is 22.9 Å². The Hall–Kier alpha value is -3.85. The van der Waals surface area contributed by atoms with Crippen molar-refractivity contribution in [2.45, 2.75) is 33.3 Å². The van der Waals surface area contributed by atoms with Crippen molar-refractivity contribution in [1.29, 1.82) is 0 Å². The summed E-state index contributed by atoms with van der Waals surface area (Å²) in [7, 11) is 0. The van der Waals surface area contributed by atoms with Gasteiger partial charge in [-0.15, -0.1) is 10.2 Å². The summed E-state index contributed by atoms with van der Waals surface area (Å²) in [4.78, 5) is 16.4. The zero-order valence-electron chi connectivity index (χ0n) is 19.0. The number of nitrogens with zero attached hydrogens (tertiary/aromatic N) is 5. The van der Waals surface area contributed by atoms with E-state index in [1.54, 1.807) is 68.2 Å². The number of pyridine rings is 1. The van der Waals surface area contributed by atoms with E-state index in [-0.39, 0.29) is 11.0 Å². The van der Waals surface area contributed by atoms with Gasteiger partial charge in [0.25, 0.3) is 0 Å². The fraction of sp³-hybridized carbons (Fsp3) is 0.208. The molecule has 1 amide bonds. The molecule has 1 aromatic carbocycles. The highest BCUT2D eigenvalue weighted by Gasteiger charge is 2.19. The van der Waals surface area contributed by atoms with Crippen LogP contribution in [0.5, 0.6) is 0 Å². The highest BCUT2D eigenvalue weighted by molar-refractivity contribution is 6.29. The van der Waals surface area contributed by atoms with Gasteiger partial charge in [-0.3, -0.25) is 5.32 Å². The Morgan fingerprint density at radius 3 is 2.50 bits per heavy atom. The van der Waals surface area contributed by atoms with Gasteiger partial charge in [-0.2, -0.15) is 5.10 Å². The molecule has 8 nitrogen and oxygen atoms in total. The SMILES string of the molecule is Cc1cc(Cl)nnc1-n1cc(-c2ccnc(NC(=O)OC(C)(C)C)c2)c(-c2ccc(F)cc2)n1. The summed E-state index contributed by atoms with van der Waals surface area (Å²) in [6, 6.07) is 11.2. The number of rotatable bonds is 4. The van der Waals surface area contributed by atoms with Gasteiger partial charge in [0.1, 0.15) is 22.9 Å². The second-order valence-corrected chi connectivity index (χ2v) is 8.96. The summed E-state index contributed by atoms with van der Waals surface area (Å²) in [5.74, 6) is 0.462. The first-order valence-electron chi connectivity index (χ1n) is 10.4. The minimum Gasteiger partial charge on any atom is -0.444 e. The average molecular weight is 481 g/mol. The standard InChI is InChI=1S/C24H22ClFN6O2/c1-14-11-19(25)29-30-22(14)32-13-18(21(31-32)15-5-7-17(26)8-6-15)16-9-10-27-20(12-16)28-23(33)34-24(2,3)4/h5-13H,1-4H3,(H,27,28,33). The van der Waals surface area contributed by atoms with Gasteiger partial charge < -0.3 is 4.74 Å². The molecule has 0 aliphatic rings. The topological polar surface area (TPSA) is 94.8 Å². The molecule has 3 aromatic heterocycles. The summed E-state index contributed by atoms with van der Waals surface area (Å²) in [6.07, 6.45) is 2.75. The molecule has 1 N–H and O–H groups in total. The van der Waals surface area contributed by atoms with Gasteiger partial charge in [0.2, 0.25) is 0 Å². The van der Waals surface area contributed by atoms with Crippen LogP contribution in [0.3, 0.4) is 0 Å². The van der Waals surface area contributed by atoms with Crippen LogP contribution in [0.2, 0.25) is 5.15 Å². The number of nitrogens with one attached hydrogen (secondary N) is 1. The third-order valence-electron chi connectivity index (χ3n) is 4.68. The molecular formula is C24H22ClFN6O2. The number of carbonyl (C=O) groups is 1. The number of carbonyl (C=O) groups excluding carboxylic acids is 1. The van der Waals surface area contributed by atoms with E-state index in [4.69, 9.17) is 21.4 Å². The Bertz CT molecular complexity index is 1350. The Morgan fingerprint density at radius 2 is 1.82 bits per heavy atom. The molecule has 0 bridgehead atoms. The van der Waals surface area contributed by atoms with E-state index in [0.717, 1.165) is 16.7 Å². The van der Waals surface area contributed by atoms with Crippen LogP contribution in [0.4, 0.5) is 15.0 Å². The minimum atomic E-state index is -0.643. The number of aryl methyl sites for hydroxylation is 1. The number of ether oxygens (including phenoxy) is 1. The van der Waals surface area contributed by atoms with Crippen LogP contribution >= 0.6 is 11.6 Å². The van der Waals surface area contributed by atoms with Gasteiger partial charge in [0.05, 0.1) is 0 Å². The average Bonchev–Trinajstić information content (AvgIpc) is 3.18. The van der Waals surface area contributed by atoms with Crippen molar-refractivity contribution in [3.63, 3.8) is 0 Å². The van der Waals surface area contributed by atoms with Crippen LogP contribution in [0.15, 0.2) is 54.9 Å². The molecule has 34 heavy (non-hydrogen) atoms. The zero-order valence-corrected chi connectivity index (χ0v) is 19.8. The Balaban J connectivity index is 1.78. The van der Waals surface area contributed by atoms with Gasteiger partial charge in [0, 0.05) is 23.5 Å². The van der Waals surface area contributed by atoms with Crippen molar-refractivity contribution in [3.05, 3.63) is 71.4 Å². The maximum Gasteiger partial charge on any atom is 0.413 e. The highest BCUT2D eigenvalue weighted by Crippen LogP contribution is 2.33. The van der Waals surface area contributed by atoms with Crippen molar-refractivity contribution >= 4 is 23.5 Å². The maximum absolute atomic E-state index is 13.6. The number of hydrogen-bond donors (Lipinski definition) is 1. The van der Waals surface area contributed by atoms with Crippen molar-refractivity contribution in [1.82, 2.24) is 25.0 Å². The van der Waals surface area contributed by atoms with Crippen LogP contribution in [-0.4, -0.2) is 36.7 Å². The van der Waals surface area contributed by atoms with Crippen LogP contribution in [0, 0.1) is 12.7 Å². The first-order valence-corrected chi connectivity index (χ1v) is 10.8. The monoisotopic (exact) mass is 480 g/mol. The fourth-order valence-electron chi connectivity index (χ4n) is 3.26. The van der Waals surface area contributed by atoms with Gasteiger partial charge in [-0.1, -0.05) is 11.6 Å². The minimum absolute atomic E-state index is 0.277. The summed E-state index contributed by atoms with van der Waals surface area (Å²) < 4.78 is 20.5. The molecule has 0 saturated carbocycles. The van der Waals surface area contributed by atoms with E-state index >= 15 is 0 Å². The predicted molar refractivity (Wildman–Crippen MR) is 127 cm³/mol. The lowest BCUT2D eigenvalue weighted by Gasteiger charge is -2.19. The van der Waals surface area contributed by atoms with Crippen LogP contribution in [0.25, 0.3) is 28.2 Å². The second-order valence-electron chi connectivity index (χ2n) is 8.57. The second kappa shape index (κ2) is 9.18. The molecule has 0 atom stereocenters. The van der Waals surface area contributed by atoms with E-state index < -0.39 is 11.7 Å². The predicted octanol–water partition coefficient (Wildman–Crippen LogP) is 5.84. The van der Waals surface area contributed by atoms with E-state index in [2.05, 4.69) is 20.5 Å². The van der Waals surface area contributed by atoms with E-state index in [1.807, 2.05) is 6.92 Å². The maximum atomic E-state index is 13.6. The third kappa shape index (κ3) is 5.37. The number of benzene rings is 1. The fourth-order valence-corrected chi connectivity index (χ4v) is 3.46. The zero-order chi connectivity index (χ0) is 24.5. The lowest BCUT2D eigenvalue weighted by Crippen LogP contribution is -2.27. The Morgan fingerprint density at radius 1 is 1.09 bits per heavy atom. The van der Waals surface area contributed by atoms with Crippen molar-refractivity contribution in [2.75, 3.05) is 5.32 Å². The van der Waals surface area contributed by atoms with E-state index in [9.17, 15) is 9.18 Å². The Labute approximate surface area is 200 Å². The lowest BCUT2D eigenvalue weighted by molar-refractivity contribution is 0.0635. The normalized spacial score (nSPS) is 11.4. The molecular weight excluding hydrogens is 459 g/mol. The molecule has 10 heteroatoms. The molecule has 0 spiro atoms. The van der Waals surface area contributed by atoms with Crippen molar-refractivity contribution in [2.24, 2.45) is 0 Å². The Kier molecular flexibility index (Phi) is 6.30. The summed E-state index contributed by atoms with van der Waals surface area (Å²) in [5, 5.41) is 15.7. The van der Waals surface area contributed by atoms with Gasteiger partial charge in [-0.05, 0) is 81.3 Å². The van der Waals surface area contributed by atoms with Crippen molar-refractivity contribution in [3.8, 4) is 28.2 Å². The van der Waals surface area contributed by atoms with Crippen molar-refractivity contribution < 1.29 is 13.9 Å². The van der Waals surface area contributed by atoms with Gasteiger partial charge in [-0.25, -0.2) is 18.9 Å². The molecule has 4 aromatic rings. The van der Waals surface area contributed by atoms with Gasteiger partial charge >= 0.3 is 6.09 Å². The number of aromatic nitrogens is 5. The first-order chi connectivity index (χ1) is 16.1. The molecule has 0 saturated heterocycles. The molecule has 4 rings (SSSR count). The lowest BCUT2D eigenvalue weighted by atomic mass is 10.0. The molecule has 174 valence electrons. The number of anilines is 1. The van der Waals surface area contributed by atoms with Gasteiger partial charge in [0.15, 0.2) is 11.0 Å². The summed E-state index contributed by atoms with van der Waals surface area (Å²) in [5.41, 5.74) is 2.87.